The van der Waals surface area contributed by atoms with Gasteiger partial charge >= 0.3 is 11.9 Å². The molecule has 0 spiro atoms. The minimum absolute atomic E-state index is 0.0259. The second kappa shape index (κ2) is 22.7. The van der Waals surface area contributed by atoms with Gasteiger partial charge in [0.05, 0.1) is 45.7 Å². The maximum absolute atomic E-state index is 11.7. The van der Waals surface area contributed by atoms with E-state index in [9.17, 15) is 37.9 Å². The van der Waals surface area contributed by atoms with Gasteiger partial charge in [0, 0.05) is 12.8 Å². The van der Waals surface area contributed by atoms with E-state index >= 15 is 0 Å². The van der Waals surface area contributed by atoms with Crippen LogP contribution in [-0.4, -0.2) is 84.1 Å². The van der Waals surface area contributed by atoms with Crippen LogP contribution in [0.4, 0.5) is 0 Å². The van der Waals surface area contributed by atoms with Crippen molar-refractivity contribution >= 4 is 22.3 Å². The number of hydrogen-bond donors (Lipinski definition) is 3. The molecular weight excluding hydrogens is 502 g/mol. The number of nitrogens with zero attached hydrogens (tertiary/aromatic N) is 1. The molecule has 10 nitrogen and oxygen atoms in total. The van der Waals surface area contributed by atoms with Crippen molar-refractivity contribution in [3.8, 4) is 0 Å². The van der Waals surface area contributed by atoms with Gasteiger partial charge in [-0.3, -0.25) is 13.8 Å². The summed E-state index contributed by atoms with van der Waals surface area (Å²) in [7, 11) is -1.63. The Labute approximate surface area is 224 Å². The van der Waals surface area contributed by atoms with Crippen molar-refractivity contribution in [2.45, 2.75) is 129 Å². The van der Waals surface area contributed by atoms with Crippen molar-refractivity contribution in [1.29, 1.82) is 0 Å². The fourth-order valence-corrected chi connectivity index (χ4v) is 4.81. The van der Waals surface area contributed by atoms with E-state index in [1.807, 2.05) is 7.05 Å². The van der Waals surface area contributed by atoms with Gasteiger partial charge in [0.15, 0.2) is 0 Å². The summed E-state index contributed by atoms with van der Waals surface area (Å²) in [5, 5.41) is 28.9. The fraction of sp³-hybridized carbons (Fsp3) is 0.923. The Kier molecular flexibility index (Phi) is 23.2. The van der Waals surface area contributed by atoms with E-state index in [1.54, 1.807) is 0 Å². The third-order valence-electron chi connectivity index (χ3n) is 7.06. The SMILES string of the molecule is CCCCCCCCC(CC(=O)O)[N+](C)(CCO)C(CCCCCCCC)CC(=O)O.COS(=O)(=O)[O-]. The highest BCUT2D eigenvalue weighted by atomic mass is 32.3. The fourth-order valence-electron chi connectivity index (χ4n) is 4.81. The molecule has 0 saturated carbocycles. The molecule has 37 heavy (non-hydrogen) atoms. The molecule has 0 bridgehead atoms. The molecule has 0 aliphatic heterocycles. The molecule has 2 unspecified atom stereocenters. The van der Waals surface area contributed by atoms with Crippen molar-refractivity contribution in [3.05, 3.63) is 0 Å². The molecule has 0 heterocycles. The quantitative estimate of drug-likeness (QED) is 0.0702. The average Bonchev–Trinajstić information content (AvgIpc) is 2.81. The first-order chi connectivity index (χ1) is 17.4. The van der Waals surface area contributed by atoms with Crippen LogP contribution in [0.1, 0.15) is 117 Å². The predicted octanol–water partition coefficient (Wildman–Crippen LogP) is 4.71. The highest BCUT2D eigenvalue weighted by molar-refractivity contribution is 7.80. The molecule has 0 aromatic carbocycles. The van der Waals surface area contributed by atoms with Gasteiger partial charge in [0.25, 0.3) is 0 Å². The standard InChI is InChI=1S/C25H49NO5.CH4O4S/c1-4-6-8-10-12-14-16-22(20-24(28)29)26(3,18-19-27)23(21-25(30)31)17-15-13-11-9-7-5-2;1-5-6(2,3)4/h22-23,27H,4-21H2,1-3H3,(H-,28,29,30,31);1H3,(H,2,3,4). The van der Waals surface area contributed by atoms with Crippen LogP contribution in [0.5, 0.6) is 0 Å². The summed E-state index contributed by atoms with van der Waals surface area (Å²) < 4.78 is 31.4. The number of quaternary nitrogens is 1. The van der Waals surface area contributed by atoms with Crippen LogP contribution in [0.15, 0.2) is 0 Å². The van der Waals surface area contributed by atoms with Crippen molar-refractivity contribution in [2.24, 2.45) is 0 Å². The Morgan fingerprint density at radius 3 is 1.38 bits per heavy atom. The normalized spacial score (nSPS) is 14.8. The van der Waals surface area contributed by atoms with Crippen LogP contribution < -0.4 is 0 Å². The van der Waals surface area contributed by atoms with Gasteiger partial charge in [-0.1, -0.05) is 78.1 Å². The summed E-state index contributed by atoms with van der Waals surface area (Å²) in [6.45, 7) is 4.72. The number of likely N-dealkylation sites (N-methyl/N-ethyl adjacent to an activating group) is 1. The van der Waals surface area contributed by atoms with Crippen LogP contribution in [0.25, 0.3) is 0 Å². The average molecular weight is 556 g/mol. The lowest BCUT2D eigenvalue weighted by Gasteiger charge is -2.47. The summed E-state index contributed by atoms with van der Waals surface area (Å²) in [5.74, 6) is -1.68. The van der Waals surface area contributed by atoms with E-state index in [0.29, 0.717) is 11.0 Å². The van der Waals surface area contributed by atoms with Crippen molar-refractivity contribution in [2.75, 3.05) is 27.3 Å². The monoisotopic (exact) mass is 555 g/mol. The van der Waals surface area contributed by atoms with Crippen molar-refractivity contribution in [3.63, 3.8) is 0 Å². The molecule has 0 rings (SSSR count). The molecule has 0 aromatic rings. The first kappa shape index (κ1) is 37.9. The number of carboxylic acid groups (broad SMARTS) is 2. The number of aliphatic carboxylic acids is 2. The molecule has 0 fully saturated rings. The molecular formula is C26H53NO9S. The van der Waals surface area contributed by atoms with Gasteiger partial charge in [-0.25, -0.2) is 8.42 Å². The van der Waals surface area contributed by atoms with Crippen LogP contribution in [0, 0.1) is 0 Å². The van der Waals surface area contributed by atoms with Gasteiger partial charge in [0.2, 0.25) is 10.4 Å². The van der Waals surface area contributed by atoms with Crippen LogP contribution in [0.2, 0.25) is 0 Å². The van der Waals surface area contributed by atoms with Gasteiger partial charge in [-0.05, 0) is 12.8 Å². The van der Waals surface area contributed by atoms with Crippen molar-refractivity contribution < 1.29 is 46.5 Å². The number of aliphatic hydroxyl groups excluding tert-OH is 1. The zero-order valence-electron chi connectivity index (χ0n) is 23.5. The third-order valence-corrected chi connectivity index (χ3v) is 7.46. The number of unbranched alkanes of at least 4 members (excludes halogenated alkanes) is 10. The number of carbonyl (C=O) groups is 2. The molecule has 222 valence electrons. The lowest BCUT2D eigenvalue weighted by Crippen LogP contribution is -2.61. The van der Waals surface area contributed by atoms with Gasteiger partial charge < -0.3 is 24.4 Å². The molecule has 0 aliphatic rings. The molecule has 0 amide bonds. The Balaban J connectivity index is 0. The van der Waals surface area contributed by atoms with Crippen molar-refractivity contribution in [1.82, 2.24) is 0 Å². The summed E-state index contributed by atoms with van der Waals surface area (Å²) in [4.78, 5) is 23.3. The minimum Gasteiger partial charge on any atom is -0.726 e. The summed E-state index contributed by atoms with van der Waals surface area (Å²) in [6.07, 6.45) is 15.3. The lowest BCUT2D eigenvalue weighted by molar-refractivity contribution is -0.956. The molecule has 0 aromatic heterocycles. The van der Waals surface area contributed by atoms with Crippen LogP contribution >= 0.6 is 0 Å². The number of hydrogen-bond acceptors (Lipinski definition) is 7. The van der Waals surface area contributed by atoms with E-state index in [0.717, 1.165) is 58.5 Å². The predicted molar refractivity (Wildman–Crippen MR) is 143 cm³/mol. The summed E-state index contributed by atoms with van der Waals surface area (Å²) in [5.41, 5.74) is 0. The van der Waals surface area contributed by atoms with E-state index in [1.165, 1.54) is 38.5 Å². The summed E-state index contributed by atoms with van der Waals surface area (Å²) >= 11 is 0. The van der Waals surface area contributed by atoms with Crippen LogP contribution in [-0.2, 0) is 24.2 Å². The Morgan fingerprint density at radius 2 is 1.11 bits per heavy atom. The second-order valence-electron chi connectivity index (χ2n) is 9.99. The Hall–Kier alpha value is -1.27. The van der Waals surface area contributed by atoms with Gasteiger partial charge in [-0.2, -0.15) is 0 Å². The van der Waals surface area contributed by atoms with E-state index in [-0.39, 0.29) is 31.5 Å². The Morgan fingerprint density at radius 1 is 0.784 bits per heavy atom. The van der Waals surface area contributed by atoms with E-state index in [4.69, 9.17) is 0 Å². The topological polar surface area (TPSA) is 161 Å². The zero-order chi connectivity index (χ0) is 28.7. The van der Waals surface area contributed by atoms with Crippen LogP contribution in [0.3, 0.4) is 0 Å². The van der Waals surface area contributed by atoms with Gasteiger partial charge in [-0.15, -0.1) is 0 Å². The molecule has 0 aliphatic carbocycles. The molecule has 2 atom stereocenters. The number of carboxylic acids is 2. The maximum Gasteiger partial charge on any atom is 0.309 e. The third kappa shape index (κ3) is 21.4. The number of rotatable bonds is 23. The number of aliphatic hydroxyl groups is 1. The molecule has 3 N–H and O–H groups in total. The first-order valence-electron chi connectivity index (χ1n) is 13.8. The minimum atomic E-state index is -4.41. The molecule has 0 radical (unpaired) electrons. The smallest absolute Gasteiger partial charge is 0.309 e. The van der Waals surface area contributed by atoms with E-state index < -0.39 is 22.3 Å². The van der Waals surface area contributed by atoms with E-state index in [2.05, 4.69) is 18.0 Å². The second-order valence-corrected chi connectivity index (χ2v) is 11.1. The highest BCUT2D eigenvalue weighted by Gasteiger charge is 2.41. The maximum atomic E-state index is 11.7. The lowest BCUT2D eigenvalue weighted by atomic mass is 9.93. The summed E-state index contributed by atoms with van der Waals surface area (Å²) in [6, 6.07) is -0.333. The first-order valence-corrected chi connectivity index (χ1v) is 15.1. The molecule has 11 heteroatoms. The Bertz CT molecular complexity index is 650. The van der Waals surface area contributed by atoms with Gasteiger partial charge in [0.1, 0.15) is 6.54 Å². The zero-order valence-corrected chi connectivity index (χ0v) is 24.3. The molecule has 0 saturated heterocycles. The highest BCUT2D eigenvalue weighted by Crippen LogP contribution is 2.29. The largest absolute Gasteiger partial charge is 0.726 e.